The lowest BCUT2D eigenvalue weighted by molar-refractivity contribution is -0.379. The van der Waals surface area contributed by atoms with E-state index in [0.29, 0.717) is 0 Å². The first kappa shape index (κ1) is 27.5. The molecular formula is C18H30O16. The quantitative estimate of drug-likeness (QED) is 0.153. The van der Waals surface area contributed by atoms with Crippen LogP contribution >= 0.6 is 0 Å². The van der Waals surface area contributed by atoms with Gasteiger partial charge in [0.2, 0.25) is 0 Å². The van der Waals surface area contributed by atoms with Gasteiger partial charge in [0.1, 0.15) is 61.0 Å². The molecule has 0 spiro atoms. The fourth-order valence-corrected chi connectivity index (χ4v) is 3.84. The van der Waals surface area contributed by atoms with Gasteiger partial charge in [-0.05, 0) is 0 Å². The first-order chi connectivity index (χ1) is 16.0. The van der Waals surface area contributed by atoms with Crippen molar-refractivity contribution in [2.75, 3.05) is 20.3 Å². The van der Waals surface area contributed by atoms with Crippen LogP contribution in [0.5, 0.6) is 0 Å². The third kappa shape index (κ3) is 5.35. The van der Waals surface area contributed by atoms with Gasteiger partial charge in [-0.3, -0.25) is 0 Å². The zero-order valence-electron chi connectivity index (χ0n) is 17.9. The summed E-state index contributed by atoms with van der Waals surface area (Å²) in [6.07, 6.45) is -24.5. The Morgan fingerprint density at radius 2 is 1.41 bits per heavy atom. The van der Waals surface area contributed by atoms with Crippen LogP contribution in [0.2, 0.25) is 0 Å². The Bertz CT molecular complexity index is 678. The van der Waals surface area contributed by atoms with Gasteiger partial charge in [0, 0.05) is 0 Å². The fraction of sp³-hybridized carbons (Fsp3) is 0.944. The van der Waals surface area contributed by atoms with E-state index in [2.05, 4.69) is 4.74 Å². The van der Waals surface area contributed by atoms with Crippen molar-refractivity contribution in [1.29, 1.82) is 0 Å². The number of rotatable bonds is 6. The zero-order chi connectivity index (χ0) is 25.3. The maximum absolute atomic E-state index is 12.0. The number of aliphatic hydroxyl groups is 9. The average Bonchev–Trinajstić information content (AvgIpc) is 2.82. The number of hydrogen-bond acceptors (Lipinski definition) is 16. The molecule has 9 N–H and O–H groups in total. The van der Waals surface area contributed by atoms with E-state index in [1.165, 1.54) is 0 Å². The number of carbonyl (C=O) groups is 1. The van der Waals surface area contributed by atoms with Gasteiger partial charge >= 0.3 is 5.97 Å². The molecule has 3 aliphatic heterocycles. The number of ether oxygens (including phenoxy) is 6. The minimum Gasteiger partial charge on any atom is -0.467 e. The van der Waals surface area contributed by atoms with Crippen LogP contribution in [0.3, 0.4) is 0 Å². The molecule has 3 aliphatic rings. The summed E-state index contributed by atoms with van der Waals surface area (Å²) in [4.78, 5) is 12.0. The lowest BCUT2D eigenvalue weighted by Gasteiger charge is -2.47. The Labute approximate surface area is 192 Å². The number of methoxy groups -OCH3 is 1. The van der Waals surface area contributed by atoms with E-state index >= 15 is 0 Å². The molecule has 3 heterocycles. The molecular weight excluding hydrogens is 472 g/mol. The van der Waals surface area contributed by atoms with Gasteiger partial charge in [-0.25, -0.2) is 4.79 Å². The molecule has 0 bridgehead atoms. The van der Waals surface area contributed by atoms with Crippen LogP contribution in [-0.2, 0) is 33.2 Å². The SMILES string of the molecule is COC(=O)[C@H]1O[C@@H](O)[C@H](O[C@@H]2O[C@H](CO)[C@H](O)[C@H](O)[C@H]2O)[C@@H](O[C@@H]2OC[C@H](O)[C@H](O)[C@H]2O)[C@@H]1O. The van der Waals surface area contributed by atoms with E-state index in [9.17, 15) is 50.8 Å². The molecule has 14 atom stereocenters. The largest absolute Gasteiger partial charge is 0.467 e. The first-order valence-corrected chi connectivity index (χ1v) is 10.4. The summed E-state index contributed by atoms with van der Waals surface area (Å²) in [6, 6.07) is 0. The predicted octanol–water partition coefficient (Wildman–Crippen LogP) is -6.75. The highest BCUT2D eigenvalue weighted by atomic mass is 16.8. The van der Waals surface area contributed by atoms with E-state index in [1.54, 1.807) is 0 Å². The van der Waals surface area contributed by atoms with Gasteiger partial charge in [-0.15, -0.1) is 0 Å². The number of esters is 1. The number of aliphatic hydroxyl groups excluding tert-OH is 9. The summed E-state index contributed by atoms with van der Waals surface area (Å²) in [5, 5.41) is 90.3. The summed E-state index contributed by atoms with van der Waals surface area (Å²) in [5.41, 5.74) is 0. The van der Waals surface area contributed by atoms with Crippen LogP contribution in [0.1, 0.15) is 0 Å². The van der Waals surface area contributed by atoms with Crippen molar-refractivity contribution in [2.45, 2.75) is 86.0 Å². The van der Waals surface area contributed by atoms with Crippen LogP contribution in [0.4, 0.5) is 0 Å². The molecule has 0 unspecified atom stereocenters. The van der Waals surface area contributed by atoms with Crippen molar-refractivity contribution in [2.24, 2.45) is 0 Å². The van der Waals surface area contributed by atoms with Gasteiger partial charge in [-0.2, -0.15) is 0 Å². The van der Waals surface area contributed by atoms with Crippen molar-refractivity contribution in [3.63, 3.8) is 0 Å². The molecule has 198 valence electrons. The van der Waals surface area contributed by atoms with Crippen molar-refractivity contribution >= 4 is 5.97 Å². The molecule has 3 saturated heterocycles. The van der Waals surface area contributed by atoms with Gasteiger partial charge in [0.25, 0.3) is 0 Å². The Kier molecular flexibility index (Phi) is 9.15. The maximum Gasteiger partial charge on any atom is 0.337 e. The van der Waals surface area contributed by atoms with Crippen LogP contribution in [0.25, 0.3) is 0 Å². The second kappa shape index (κ2) is 11.3. The highest BCUT2D eigenvalue weighted by molar-refractivity contribution is 5.75. The smallest absolute Gasteiger partial charge is 0.337 e. The molecule has 0 saturated carbocycles. The summed E-state index contributed by atoms with van der Waals surface area (Å²) in [5.74, 6) is -1.10. The summed E-state index contributed by atoms with van der Waals surface area (Å²) >= 11 is 0. The average molecular weight is 502 g/mol. The second-order valence-electron chi connectivity index (χ2n) is 8.11. The number of carbonyl (C=O) groups excluding carboxylic acids is 1. The number of hydrogen-bond donors (Lipinski definition) is 9. The molecule has 16 nitrogen and oxygen atoms in total. The molecule has 0 aromatic heterocycles. The fourth-order valence-electron chi connectivity index (χ4n) is 3.84. The highest BCUT2D eigenvalue weighted by Crippen LogP contribution is 2.32. The van der Waals surface area contributed by atoms with Crippen LogP contribution in [0, 0.1) is 0 Å². The molecule has 16 heteroatoms. The van der Waals surface area contributed by atoms with Gasteiger partial charge in [0.05, 0.1) is 20.3 Å². The highest BCUT2D eigenvalue weighted by Gasteiger charge is 2.54. The van der Waals surface area contributed by atoms with E-state index in [1.807, 2.05) is 0 Å². The summed E-state index contributed by atoms with van der Waals surface area (Å²) < 4.78 is 30.9. The third-order valence-corrected chi connectivity index (χ3v) is 5.86. The molecule has 0 amide bonds. The molecule has 3 fully saturated rings. The Balaban J connectivity index is 1.84. The van der Waals surface area contributed by atoms with E-state index < -0.39 is 105 Å². The third-order valence-electron chi connectivity index (χ3n) is 5.86. The van der Waals surface area contributed by atoms with E-state index in [4.69, 9.17) is 23.7 Å². The maximum atomic E-state index is 12.0. The molecule has 0 aromatic rings. The molecule has 0 radical (unpaired) electrons. The monoisotopic (exact) mass is 502 g/mol. The first-order valence-electron chi connectivity index (χ1n) is 10.4. The Morgan fingerprint density at radius 3 is 2.03 bits per heavy atom. The summed E-state index contributed by atoms with van der Waals surface area (Å²) in [7, 11) is 0.989. The van der Waals surface area contributed by atoms with Crippen molar-refractivity contribution < 1.29 is 79.2 Å². The van der Waals surface area contributed by atoms with Gasteiger partial charge < -0.3 is 74.4 Å². The minimum atomic E-state index is -2.04. The van der Waals surface area contributed by atoms with Crippen LogP contribution < -0.4 is 0 Å². The van der Waals surface area contributed by atoms with Gasteiger partial charge in [-0.1, -0.05) is 0 Å². The standard InChI is InChI=1S/C18H30O16/c1-29-15(27)13-11(26)12(33-17-9(24)6(21)4(20)3-30-17)14(16(28)32-13)34-18-10(25)8(23)7(22)5(2-19)31-18/h4-14,16-26,28H,2-3H2,1H3/t4-,5+,6-,7-,8-,9+,10+,11-,12-,13-,14+,16+,17-,18-/m0/s1. The lowest BCUT2D eigenvalue weighted by atomic mass is 9.96. The second-order valence-corrected chi connectivity index (χ2v) is 8.11. The van der Waals surface area contributed by atoms with Crippen molar-refractivity contribution in [1.82, 2.24) is 0 Å². The molecule has 3 rings (SSSR count). The van der Waals surface area contributed by atoms with Crippen LogP contribution in [0.15, 0.2) is 0 Å². The Morgan fingerprint density at radius 1 is 0.794 bits per heavy atom. The molecule has 34 heavy (non-hydrogen) atoms. The van der Waals surface area contributed by atoms with E-state index in [0.717, 1.165) is 7.11 Å². The normalized spacial score (nSPS) is 50.1. The van der Waals surface area contributed by atoms with Gasteiger partial charge in [0.15, 0.2) is 25.0 Å². The zero-order valence-corrected chi connectivity index (χ0v) is 17.9. The molecule has 0 aliphatic carbocycles. The predicted molar refractivity (Wildman–Crippen MR) is 100 cm³/mol. The minimum absolute atomic E-state index is 0.469. The van der Waals surface area contributed by atoms with Crippen LogP contribution in [-0.4, -0.2) is 158 Å². The topological polar surface area (TPSA) is 255 Å². The Hall–Kier alpha value is -1.09. The summed E-state index contributed by atoms with van der Waals surface area (Å²) in [6.45, 7) is -1.24. The van der Waals surface area contributed by atoms with Crippen molar-refractivity contribution in [3.05, 3.63) is 0 Å². The van der Waals surface area contributed by atoms with E-state index in [-0.39, 0.29) is 0 Å². The lowest BCUT2D eigenvalue weighted by Crippen LogP contribution is -2.66. The molecule has 0 aromatic carbocycles. The van der Waals surface area contributed by atoms with Crippen molar-refractivity contribution in [3.8, 4) is 0 Å².